The van der Waals surface area contributed by atoms with Gasteiger partial charge >= 0.3 is 0 Å². The van der Waals surface area contributed by atoms with Gasteiger partial charge in [0.1, 0.15) is 5.75 Å². The van der Waals surface area contributed by atoms with Crippen LogP contribution in [0.25, 0.3) is 0 Å². The van der Waals surface area contributed by atoms with Crippen molar-refractivity contribution in [3.8, 4) is 5.75 Å². The number of benzene rings is 1. The van der Waals surface area contributed by atoms with Crippen LogP contribution in [0.15, 0.2) is 24.3 Å². The third-order valence-electron chi connectivity index (χ3n) is 2.52. The third kappa shape index (κ3) is 3.41. The van der Waals surface area contributed by atoms with Crippen LogP contribution in [-0.4, -0.2) is 7.11 Å². The molecule has 78 valence electrons. The predicted molar refractivity (Wildman–Crippen MR) is 60.8 cm³/mol. The minimum absolute atomic E-state index is 0.786. The van der Waals surface area contributed by atoms with Crippen LogP contribution in [-0.2, 0) is 6.42 Å². The summed E-state index contributed by atoms with van der Waals surface area (Å²) in [5.74, 6) is 1.73. The van der Waals surface area contributed by atoms with Crippen LogP contribution in [0.4, 0.5) is 0 Å². The predicted octanol–water partition coefficient (Wildman–Crippen LogP) is 3.67. The van der Waals surface area contributed by atoms with E-state index in [2.05, 4.69) is 26.0 Å². The van der Waals surface area contributed by atoms with Crippen molar-refractivity contribution in [1.29, 1.82) is 0 Å². The van der Waals surface area contributed by atoms with Crippen LogP contribution in [0, 0.1) is 5.92 Å². The Kier molecular flexibility index (Phi) is 4.51. The monoisotopic (exact) mass is 192 g/mol. The summed E-state index contributed by atoms with van der Waals surface area (Å²) in [6.45, 7) is 4.55. The minimum Gasteiger partial charge on any atom is -0.497 e. The van der Waals surface area contributed by atoms with Crippen LogP contribution in [0.5, 0.6) is 5.75 Å². The second-order valence-electron chi connectivity index (χ2n) is 3.95. The molecule has 0 aliphatic heterocycles. The summed E-state index contributed by atoms with van der Waals surface area (Å²) in [6.07, 6.45) is 3.77. The van der Waals surface area contributed by atoms with Gasteiger partial charge in [-0.05, 0) is 30.0 Å². The fraction of sp³-hybridized carbons (Fsp3) is 0.538. The lowest BCUT2D eigenvalue weighted by Crippen LogP contribution is -1.98. The number of ether oxygens (including phenoxy) is 1. The number of hydrogen-bond donors (Lipinski definition) is 0. The summed E-state index contributed by atoms with van der Waals surface area (Å²) in [5.41, 5.74) is 1.41. The molecule has 1 atom stereocenters. The van der Waals surface area contributed by atoms with Gasteiger partial charge in [-0.2, -0.15) is 0 Å². The maximum atomic E-state index is 5.12. The van der Waals surface area contributed by atoms with E-state index in [9.17, 15) is 0 Å². The van der Waals surface area contributed by atoms with Gasteiger partial charge in [0.25, 0.3) is 0 Å². The molecule has 1 nitrogen and oxygen atoms in total. The fourth-order valence-corrected chi connectivity index (χ4v) is 1.76. The smallest absolute Gasteiger partial charge is 0.118 e. The number of hydrogen-bond acceptors (Lipinski definition) is 1. The maximum Gasteiger partial charge on any atom is 0.118 e. The Morgan fingerprint density at radius 1 is 1.21 bits per heavy atom. The third-order valence-corrected chi connectivity index (χ3v) is 2.52. The van der Waals surface area contributed by atoms with E-state index in [-0.39, 0.29) is 0 Å². The molecule has 0 spiro atoms. The van der Waals surface area contributed by atoms with Gasteiger partial charge in [0.15, 0.2) is 0 Å². The minimum atomic E-state index is 0.786. The lowest BCUT2D eigenvalue weighted by Gasteiger charge is -2.10. The van der Waals surface area contributed by atoms with E-state index >= 15 is 0 Å². The van der Waals surface area contributed by atoms with Crippen LogP contribution >= 0.6 is 0 Å². The van der Waals surface area contributed by atoms with Gasteiger partial charge in [-0.1, -0.05) is 38.8 Å². The molecule has 0 aliphatic rings. The molecule has 0 saturated carbocycles. The highest BCUT2D eigenvalue weighted by Gasteiger charge is 2.02. The molecule has 0 bridgehead atoms. The van der Waals surface area contributed by atoms with E-state index in [1.165, 1.54) is 24.8 Å². The summed E-state index contributed by atoms with van der Waals surface area (Å²) in [7, 11) is 1.70. The standard InChI is InChI=1S/C13H20O/c1-4-5-11(2)10-12-6-8-13(14-3)9-7-12/h6-9,11H,4-5,10H2,1-3H3/t11-/m0/s1. The van der Waals surface area contributed by atoms with Crippen LogP contribution in [0.3, 0.4) is 0 Å². The van der Waals surface area contributed by atoms with Crippen molar-refractivity contribution in [2.75, 3.05) is 7.11 Å². The second-order valence-corrected chi connectivity index (χ2v) is 3.95. The van der Waals surface area contributed by atoms with Gasteiger partial charge in [-0.25, -0.2) is 0 Å². The normalized spacial score (nSPS) is 12.5. The maximum absolute atomic E-state index is 5.12. The van der Waals surface area contributed by atoms with Gasteiger partial charge in [-0.3, -0.25) is 0 Å². The Hall–Kier alpha value is -0.980. The van der Waals surface area contributed by atoms with E-state index in [4.69, 9.17) is 4.74 Å². The van der Waals surface area contributed by atoms with Gasteiger partial charge in [0, 0.05) is 0 Å². The largest absolute Gasteiger partial charge is 0.497 e. The molecule has 0 aliphatic carbocycles. The van der Waals surface area contributed by atoms with Crippen molar-refractivity contribution in [1.82, 2.24) is 0 Å². The highest BCUT2D eigenvalue weighted by Crippen LogP contribution is 2.16. The first kappa shape index (κ1) is 11.1. The molecule has 0 fully saturated rings. The molecule has 1 rings (SSSR count). The van der Waals surface area contributed by atoms with E-state index in [0.717, 1.165) is 11.7 Å². The molecule has 1 aromatic rings. The zero-order chi connectivity index (χ0) is 10.4. The summed E-state index contributed by atoms with van der Waals surface area (Å²) >= 11 is 0. The molecule has 0 amide bonds. The highest BCUT2D eigenvalue weighted by molar-refractivity contribution is 5.27. The molecule has 1 heteroatoms. The molecule has 1 aromatic carbocycles. The average Bonchev–Trinajstić information content (AvgIpc) is 2.19. The Morgan fingerprint density at radius 2 is 1.86 bits per heavy atom. The Balaban J connectivity index is 2.50. The van der Waals surface area contributed by atoms with Crippen LogP contribution in [0.1, 0.15) is 32.3 Å². The van der Waals surface area contributed by atoms with Gasteiger partial charge in [-0.15, -0.1) is 0 Å². The number of rotatable bonds is 5. The first-order valence-electron chi connectivity index (χ1n) is 5.39. The first-order valence-corrected chi connectivity index (χ1v) is 5.39. The van der Waals surface area contributed by atoms with Gasteiger partial charge in [0.2, 0.25) is 0 Å². The molecular weight excluding hydrogens is 172 g/mol. The quantitative estimate of drug-likeness (QED) is 0.691. The summed E-state index contributed by atoms with van der Waals surface area (Å²) in [4.78, 5) is 0. The Bertz CT molecular complexity index is 250. The topological polar surface area (TPSA) is 9.23 Å². The van der Waals surface area contributed by atoms with Crippen LogP contribution < -0.4 is 4.74 Å². The van der Waals surface area contributed by atoms with E-state index in [0.29, 0.717) is 0 Å². The van der Waals surface area contributed by atoms with Crippen molar-refractivity contribution in [3.05, 3.63) is 29.8 Å². The Morgan fingerprint density at radius 3 is 2.36 bits per heavy atom. The fourth-order valence-electron chi connectivity index (χ4n) is 1.76. The zero-order valence-electron chi connectivity index (χ0n) is 9.42. The molecule has 0 heterocycles. The lowest BCUT2D eigenvalue weighted by atomic mass is 9.97. The lowest BCUT2D eigenvalue weighted by molar-refractivity contribution is 0.414. The first-order chi connectivity index (χ1) is 6.76. The molecule has 14 heavy (non-hydrogen) atoms. The highest BCUT2D eigenvalue weighted by atomic mass is 16.5. The van der Waals surface area contributed by atoms with Crippen molar-refractivity contribution in [2.24, 2.45) is 5.92 Å². The van der Waals surface area contributed by atoms with Crippen molar-refractivity contribution < 1.29 is 4.74 Å². The summed E-state index contributed by atoms with van der Waals surface area (Å²) in [5, 5.41) is 0. The van der Waals surface area contributed by atoms with E-state index in [1.807, 2.05) is 12.1 Å². The second kappa shape index (κ2) is 5.69. The molecular formula is C13H20O. The molecule has 0 unspecified atom stereocenters. The molecule has 0 radical (unpaired) electrons. The van der Waals surface area contributed by atoms with Gasteiger partial charge in [0.05, 0.1) is 7.11 Å². The van der Waals surface area contributed by atoms with Crippen molar-refractivity contribution >= 4 is 0 Å². The average molecular weight is 192 g/mol. The molecule has 0 N–H and O–H groups in total. The summed E-state index contributed by atoms with van der Waals surface area (Å²) < 4.78 is 5.12. The van der Waals surface area contributed by atoms with E-state index < -0.39 is 0 Å². The van der Waals surface area contributed by atoms with Gasteiger partial charge < -0.3 is 4.74 Å². The van der Waals surface area contributed by atoms with Crippen molar-refractivity contribution in [3.63, 3.8) is 0 Å². The van der Waals surface area contributed by atoms with E-state index in [1.54, 1.807) is 7.11 Å². The van der Waals surface area contributed by atoms with Crippen LogP contribution in [0.2, 0.25) is 0 Å². The van der Waals surface area contributed by atoms with Crippen molar-refractivity contribution in [2.45, 2.75) is 33.1 Å². The number of methoxy groups -OCH3 is 1. The molecule has 0 saturated heterocycles. The molecule has 0 aromatic heterocycles. The SMILES string of the molecule is CCC[C@H](C)Cc1ccc(OC)cc1. The Labute approximate surface area is 87.1 Å². The zero-order valence-corrected chi connectivity index (χ0v) is 9.42. The summed E-state index contributed by atoms with van der Waals surface area (Å²) in [6, 6.07) is 8.39.